The maximum Gasteiger partial charge on any atom is 0.329 e. The normalized spacial score (nSPS) is 32.6. The first-order chi connectivity index (χ1) is 11.5. The molecule has 0 spiro atoms. The molecule has 2 fully saturated rings. The van der Waals surface area contributed by atoms with E-state index < -0.39 is 35.8 Å². The molecule has 0 aromatic heterocycles. The van der Waals surface area contributed by atoms with Crippen LogP contribution in [0.25, 0.3) is 0 Å². The van der Waals surface area contributed by atoms with Crippen molar-refractivity contribution in [2.45, 2.75) is 77.3 Å². The minimum Gasteiger partial charge on any atom is -0.458 e. The molecule has 0 aliphatic carbocycles. The van der Waals surface area contributed by atoms with Crippen molar-refractivity contribution in [3.63, 3.8) is 0 Å². The summed E-state index contributed by atoms with van der Waals surface area (Å²) in [6.07, 6.45) is 3.10. The summed E-state index contributed by atoms with van der Waals surface area (Å²) in [7, 11) is 0. The van der Waals surface area contributed by atoms with Gasteiger partial charge >= 0.3 is 5.97 Å². The third-order valence-corrected chi connectivity index (χ3v) is 4.53. The number of nitrogens with zero attached hydrogens (tertiary/aromatic N) is 1. The maximum absolute atomic E-state index is 12.6. The molecule has 0 bridgehead atoms. The molecule has 0 aromatic carbocycles. The largest absolute Gasteiger partial charge is 0.458 e. The van der Waals surface area contributed by atoms with Crippen LogP contribution in [0.2, 0.25) is 0 Å². The Hall–Kier alpha value is -1.89. The lowest BCUT2D eigenvalue weighted by molar-refractivity contribution is -0.167. The second kappa shape index (κ2) is 7.15. The number of aliphatic hydroxyl groups excluding tert-OH is 1. The summed E-state index contributed by atoms with van der Waals surface area (Å²) in [6, 6.07) is -1.78. The zero-order valence-corrected chi connectivity index (χ0v) is 15.5. The fourth-order valence-corrected chi connectivity index (χ4v) is 3.78. The Labute approximate surface area is 148 Å². The Morgan fingerprint density at radius 1 is 1.36 bits per heavy atom. The van der Waals surface area contributed by atoms with E-state index >= 15 is 0 Å². The molecule has 0 unspecified atom stereocenters. The number of hydrogen-bond donors (Lipinski definition) is 2. The van der Waals surface area contributed by atoms with E-state index in [1.807, 2.05) is 19.1 Å². The van der Waals surface area contributed by atoms with Crippen LogP contribution in [0.3, 0.4) is 0 Å². The highest BCUT2D eigenvalue weighted by molar-refractivity contribution is 5.87. The van der Waals surface area contributed by atoms with E-state index in [1.165, 1.54) is 11.8 Å². The lowest BCUT2D eigenvalue weighted by Gasteiger charge is -2.43. The number of ether oxygens (including phenoxy) is 1. The molecule has 2 heterocycles. The monoisotopic (exact) mass is 352 g/mol. The number of rotatable bonds is 3. The number of nitrogens with one attached hydrogen (secondary N) is 1. The number of allylic oxidation sites excluding steroid dienone is 1. The van der Waals surface area contributed by atoms with E-state index in [0.717, 1.165) is 0 Å². The van der Waals surface area contributed by atoms with Crippen LogP contribution in [-0.2, 0) is 19.1 Å². The molecule has 2 N–H and O–H groups in total. The summed E-state index contributed by atoms with van der Waals surface area (Å²) in [5, 5.41) is 13.1. The third kappa shape index (κ3) is 4.21. The van der Waals surface area contributed by atoms with Crippen LogP contribution >= 0.6 is 0 Å². The Kier molecular flexibility index (Phi) is 5.56. The van der Waals surface area contributed by atoms with Crippen molar-refractivity contribution >= 4 is 17.8 Å². The van der Waals surface area contributed by atoms with Crippen molar-refractivity contribution in [3.05, 3.63) is 12.2 Å². The maximum atomic E-state index is 12.6. The number of piperidine rings is 1. The summed E-state index contributed by atoms with van der Waals surface area (Å²) in [5.74, 6) is -1.16. The molecule has 25 heavy (non-hydrogen) atoms. The van der Waals surface area contributed by atoms with Crippen molar-refractivity contribution in [1.82, 2.24) is 10.2 Å². The number of esters is 1. The molecular formula is C18H28N2O5. The molecule has 0 saturated carbocycles. The lowest BCUT2D eigenvalue weighted by Crippen LogP contribution is -2.64. The van der Waals surface area contributed by atoms with Gasteiger partial charge in [-0.2, -0.15) is 0 Å². The topological polar surface area (TPSA) is 95.9 Å². The van der Waals surface area contributed by atoms with Gasteiger partial charge in [0.25, 0.3) is 0 Å². The Morgan fingerprint density at radius 2 is 2.00 bits per heavy atom. The van der Waals surface area contributed by atoms with Gasteiger partial charge in [0.15, 0.2) is 0 Å². The average molecular weight is 352 g/mol. The molecule has 2 aliphatic rings. The zero-order valence-electron chi connectivity index (χ0n) is 15.5. The highest BCUT2D eigenvalue weighted by Gasteiger charge is 2.54. The van der Waals surface area contributed by atoms with Gasteiger partial charge in [-0.25, -0.2) is 4.79 Å². The number of aliphatic hydroxyl groups is 1. The quantitative estimate of drug-likeness (QED) is 0.577. The van der Waals surface area contributed by atoms with Gasteiger partial charge in [-0.05, 0) is 34.1 Å². The van der Waals surface area contributed by atoms with Crippen molar-refractivity contribution in [3.8, 4) is 0 Å². The van der Waals surface area contributed by atoms with E-state index in [2.05, 4.69) is 5.32 Å². The van der Waals surface area contributed by atoms with Crippen molar-refractivity contribution in [2.24, 2.45) is 5.92 Å². The zero-order chi connectivity index (χ0) is 18.9. The fourth-order valence-electron chi connectivity index (χ4n) is 3.78. The SMILES string of the molecule is C/C=C\[C@@H]1C[C@H](C(=O)OC(C)(C)C)N2C(=O)C[C@H](O)[C@H](NC(C)=O)[C@@H]12. The summed E-state index contributed by atoms with van der Waals surface area (Å²) in [5.41, 5.74) is -0.652. The lowest BCUT2D eigenvalue weighted by atomic mass is 9.86. The van der Waals surface area contributed by atoms with Gasteiger partial charge < -0.3 is 20.1 Å². The summed E-state index contributed by atoms with van der Waals surface area (Å²) in [4.78, 5) is 38.3. The van der Waals surface area contributed by atoms with Crippen LogP contribution in [0.4, 0.5) is 0 Å². The minimum atomic E-state index is -0.970. The first-order valence-electron chi connectivity index (χ1n) is 8.67. The molecule has 2 amide bonds. The first-order valence-corrected chi connectivity index (χ1v) is 8.67. The van der Waals surface area contributed by atoms with E-state index in [4.69, 9.17) is 4.74 Å². The molecule has 2 aliphatic heterocycles. The third-order valence-electron chi connectivity index (χ3n) is 4.53. The highest BCUT2D eigenvalue weighted by Crippen LogP contribution is 2.39. The van der Waals surface area contributed by atoms with Gasteiger partial charge in [-0.3, -0.25) is 9.59 Å². The van der Waals surface area contributed by atoms with Gasteiger partial charge in [0.2, 0.25) is 11.8 Å². The van der Waals surface area contributed by atoms with E-state index in [0.29, 0.717) is 6.42 Å². The Morgan fingerprint density at radius 3 is 2.52 bits per heavy atom. The molecule has 5 atom stereocenters. The molecule has 7 nitrogen and oxygen atoms in total. The van der Waals surface area contributed by atoms with Crippen LogP contribution in [0, 0.1) is 5.92 Å². The highest BCUT2D eigenvalue weighted by atomic mass is 16.6. The molecule has 7 heteroatoms. The van der Waals surface area contributed by atoms with Crippen molar-refractivity contribution < 1.29 is 24.2 Å². The van der Waals surface area contributed by atoms with Crippen LogP contribution in [0.15, 0.2) is 12.2 Å². The average Bonchev–Trinajstić information content (AvgIpc) is 2.82. The van der Waals surface area contributed by atoms with Gasteiger partial charge in [0, 0.05) is 12.8 Å². The number of carbonyl (C=O) groups is 3. The summed E-state index contributed by atoms with van der Waals surface area (Å²) >= 11 is 0. The first kappa shape index (κ1) is 19.4. The summed E-state index contributed by atoms with van der Waals surface area (Å²) in [6.45, 7) is 8.58. The van der Waals surface area contributed by atoms with Gasteiger partial charge in [-0.15, -0.1) is 0 Å². The predicted molar refractivity (Wildman–Crippen MR) is 91.4 cm³/mol. The number of carbonyl (C=O) groups excluding carboxylic acids is 3. The van der Waals surface area contributed by atoms with Gasteiger partial charge in [-0.1, -0.05) is 12.2 Å². The molecule has 2 saturated heterocycles. The van der Waals surface area contributed by atoms with Gasteiger partial charge in [0.1, 0.15) is 11.6 Å². The number of fused-ring (bicyclic) bond motifs is 1. The number of amides is 2. The molecule has 2 rings (SSSR count). The molecule has 140 valence electrons. The summed E-state index contributed by atoms with van der Waals surface area (Å²) < 4.78 is 5.48. The van der Waals surface area contributed by atoms with Crippen molar-refractivity contribution in [1.29, 1.82) is 0 Å². The van der Waals surface area contributed by atoms with Crippen LogP contribution in [-0.4, -0.2) is 57.6 Å². The smallest absolute Gasteiger partial charge is 0.329 e. The minimum absolute atomic E-state index is 0.122. The molecule has 0 aromatic rings. The molecular weight excluding hydrogens is 324 g/mol. The van der Waals surface area contributed by atoms with Crippen LogP contribution in [0.1, 0.15) is 47.5 Å². The molecule has 0 radical (unpaired) electrons. The van der Waals surface area contributed by atoms with Crippen LogP contribution < -0.4 is 5.32 Å². The predicted octanol–water partition coefficient (Wildman–Crippen LogP) is 0.759. The van der Waals surface area contributed by atoms with E-state index in [1.54, 1.807) is 20.8 Å². The van der Waals surface area contributed by atoms with Crippen LogP contribution in [0.5, 0.6) is 0 Å². The Balaban J connectivity index is 2.36. The van der Waals surface area contributed by atoms with Gasteiger partial charge in [0.05, 0.1) is 24.6 Å². The van der Waals surface area contributed by atoms with E-state index in [-0.39, 0.29) is 24.2 Å². The second-order valence-electron chi connectivity index (χ2n) is 7.76. The number of hydrogen-bond acceptors (Lipinski definition) is 5. The standard InChI is InChI=1S/C18H28N2O5/c1-6-7-11-8-12(17(24)25-18(3,4)5)20-14(23)9-13(22)15(16(11)20)19-10(2)21/h6-7,11-13,15-16,22H,8-9H2,1-5H3,(H,19,21)/b7-6-/t11-,12-,13+,15+,16-/m1/s1. The van der Waals surface area contributed by atoms with Crippen molar-refractivity contribution in [2.75, 3.05) is 0 Å². The van der Waals surface area contributed by atoms with E-state index in [9.17, 15) is 19.5 Å². The second-order valence-corrected chi connectivity index (χ2v) is 7.76. The Bertz CT molecular complexity index is 581. The fraction of sp³-hybridized carbons (Fsp3) is 0.722.